The predicted octanol–water partition coefficient (Wildman–Crippen LogP) is 1.64. The number of hydrogen-bond donors (Lipinski definition) is 0. The van der Waals surface area contributed by atoms with Gasteiger partial charge in [0.1, 0.15) is 5.82 Å². The maximum absolute atomic E-state index is 5.28. The molecule has 1 saturated heterocycles. The SMILES string of the molecule is COc1cc(OC)nc(N2CCCC(c3nccn3CCN(C)C)C2)n1. The van der Waals surface area contributed by atoms with E-state index in [1.54, 1.807) is 20.3 Å². The molecule has 1 atom stereocenters. The van der Waals surface area contributed by atoms with Gasteiger partial charge in [0.25, 0.3) is 0 Å². The summed E-state index contributed by atoms with van der Waals surface area (Å²) in [6.07, 6.45) is 6.17. The first kappa shape index (κ1) is 18.4. The van der Waals surface area contributed by atoms with E-state index in [-0.39, 0.29) is 0 Å². The van der Waals surface area contributed by atoms with Gasteiger partial charge in [-0.3, -0.25) is 0 Å². The molecule has 0 N–H and O–H groups in total. The Morgan fingerprint density at radius 2 is 1.92 bits per heavy atom. The van der Waals surface area contributed by atoms with Gasteiger partial charge in [0.2, 0.25) is 17.7 Å². The average molecular weight is 360 g/mol. The maximum atomic E-state index is 5.28. The summed E-state index contributed by atoms with van der Waals surface area (Å²) >= 11 is 0. The molecule has 0 saturated carbocycles. The third kappa shape index (κ3) is 4.24. The lowest BCUT2D eigenvalue weighted by molar-refractivity contribution is 0.367. The van der Waals surface area contributed by atoms with Gasteiger partial charge in [0.15, 0.2) is 0 Å². The number of anilines is 1. The molecule has 0 aromatic carbocycles. The van der Waals surface area contributed by atoms with Gasteiger partial charge in [0.05, 0.1) is 20.3 Å². The van der Waals surface area contributed by atoms with E-state index in [4.69, 9.17) is 9.47 Å². The lowest BCUT2D eigenvalue weighted by atomic mass is 9.97. The molecule has 8 nitrogen and oxygen atoms in total. The molecule has 0 spiro atoms. The zero-order valence-electron chi connectivity index (χ0n) is 16.1. The largest absolute Gasteiger partial charge is 0.481 e. The van der Waals surface area contributed by atoms with Crippen molar-refractivity contribution in [3.63, 3.8) is 0 Å². The van der Waals surface area contributed by atoms with Crippen LogP contribution in [-0.2, 0) is 6.54 Å². The number of nitrogens with zero attached hydrogens (tertiary/aromatic N) is 6. The lowest BCUT2D eigenvalue weighted by Gasteiger charge is -2.33. The Kier molecular flexibility index (Phi) is 5.92. The predicted molar refractivity (Wildman–Crippen MR) is 100 cm³/mol. The number of methoxy groups -OCH3 is 2. The van der Waals surface area contributed by atoms with Crippen molar-refractivity contribution >= 4 is 5.95 Å². The van der Waals surface area contributed by atoms with Crippen LogP contribution >= 0.6 is 0 Å². The van der Waals surface area contributed by atoms with Gasteiger partial charge in [-0.15, -0.1) is 0 Å². The molecule has 2 aromatic rings. The average Bonchev–Trinajstić information content (AvgIpc) is 3.14. The first-order chi connectivity index (χ1) is 12.6. The van der Waals surface area contributed by atoms with Crippen LogP contribution in [0.4, 0.5) is 5.95 Å². The van der Waals surface area contributed by atoms with E-state index in [1.807, 2.05) is 6.20 Å². The number of ether oxygens (including phenoxy) is 2. The highest BCUT2D eigenvalue weighted by Crippen LogP contribution is 2.29. The molecule has 2 aromatic heterocycles. The Balaban J connectivity index is 1.77. The highest BCUT2D eigenvalue weighted by molar-refractivity contribution is 5.38. The standard InChI is InChI=1S/C18H28N6O2/c1-22(2)10-11-23-9-7-19-17(23)14-6-5-8-24(13-14)18-20-15(25-3)12-16(21-18)26-4/h7,9,12,14H,5-6,8,10-11,13H2,1-4H3. The minimum Gasteiger partial charge on any atom is -0.481 e. The van der Waals surface area contributed by atoms with E-state index in [0.717, 1.165) is 44.8 Å². The molecule has 1 aliphatic rings. The van der Waals surface area contributed by atoms with Crippen molar-refractivity contribution in [3.05, 3.63) is 24.3 Å². The van der Waals surface area contributed by atoms with Crippen molar-refractivity contribution < 1.29 is 9.47 Å². The van der Waals surface area contributed by atoms with Gasteiger partial charge in [-0.1, -0.05) is 0 Å². The van der Waals surface area contributed by atoms with Crippen molar-refractivity contribution in [2.75, 3.05) is 52.8 Å². The summed E-state index contributed by atoms with van der Waals surface area (Å²) in [5.74, 6) is 3.19. The first-order valence-corrected chi connectivity index (χ1v) is 8.98. The number of piperidine rings is 1. The van der Waals surface area contributed by atoms with Gasteiger partial charge < -0.3 is 23.8 Å². The van der Waals surface area contributed by atoms with E-state index >= 15 is 0 Å². The van der Waals surface area contributed by atoms with Gasteiger partial charge in [-0.25, -0.2) is 4.98 Å². The quantitative estimate of drug-likeness (QED) is 0.743. The normalized spacial score (nSPS) is 17.6. The fourth-order valence-corrected chi connectivity index (χ4v) is 3.29. The van der Waals surface area contributed by atoms with Crippen LogP contribution in [0.3, 0.4) is 0 Å². The fraction of sp³-hybridized carbons (Fsp3) is 0.611. The summed E-state index contributed by atoms with van der Waals surface area (Å²) in [6, 6.07) is 1.69. The van der Waals surface area contributed by atoms with Crippen molar-refractivity contribution in [3.8, 4) is 11.8 Å². The Morgan fingerprint density at radius 1 is 1.19 bits per heavy atom. The fourth-order valence-electron chi connectivity index (χ4n) is 3.29. The first-order valence-electron chi connectivity index (χ1n) is 8.98. The van der Waals surface area contributed by atoms with Gasteiger partial charge >= 0.3 is 0 Å². The second kappa shape index (κ2) is 8.35. The van der Waals surface area contributed by atoms with Crippen LogP contribution in [-0.4, -0.2) is 72.4 Å². The molecule has 1 fully saturated rings. The number of imidazole rings is 1. The van der Waals surface area contributed by atoms with Gasteiger partial charge in [0, 0.05) is 44.5 Å². The number of aromatic nitrogens is 4. The molecule has 0 amide bonds. The second-order valence-electron chi connectivity index (χ2n) is 6.82. The van der Waals surface area contributed by atoms with Crippen molar-refractivity contribution in [2.45, 2.75) is 25.3 Å². The minimum atomic E-state index is 0.363. The highest BCUT2D eigenvalue weighted by atomic mass is 16.5. The smallest absolute Gasteiger partial charge is 0.231 e. The van der Waals surface area contributed by atoms with E-state index in [0.29, 0.717) is 23.6 Å². The van der Waals surface area contributed by atoms with Crippen LogP contribution in [0.15, 0.2) is 18.5 Å². The van der Waals surface area contributed by atoms with Crippen LogP contribution in [0.1, 0.15) is 24.6 Å². The van der Waals surface area contributed by atoms with Crippen LogP contribution in [0, 0.1) is 0 Å². The van der Waals surface area contributed by atoms with Crippen LogP contribution in [0.2, 0.25) is 0 Å². The summed E-state index contributed by atoms with van der Waals surface area (Å²) in [6.45, 7) is 3.71. The van der Waals surface area contributed by atoms with Crippen molar-refractivity contribution in [1.29, 1.82) is 0 Å². The molecule has 0 radical (unpaired) electrons. The Labute approximate surface area is 154 Å². The third-order valence-corrected chi connectivity index (χ3v) is 4.69. The summed E-state index contributed by atoms with van der Waals surface area (Å²) in [4.78, 5) is 18.0. The van der Waals surface area contributed by atoms with Crippen LogP contribution in [0.25, 0.3) is 0 Å². The number of likely N-dealkylation sites (N-methyl/N-ethyl adjacent to an activating group) is 1. The van der Waals surface area contributed by atoms with Crippen LogP contribution in [0.5, 0.6) is 11.8 Å². The van der Waals surface area contributed by atoms with Crippen LogP contribution < -0.4 is 14.4 Å². The van der Waals surface area contributed by atoms with E-state index in [9.17, 15) is 0 Å². The third-order valence-electron chi connectivity index (χ3n) is 4.69. The molecule has 1 unspecified atom stereocenters. The van der Waals surface area contributed by atoms with E-state index < -0.39 is 0 Å². The zero-order valence-corrected chi connectivity index (χ0v) is 16.1. The summed E-state index contributed by atoms with van der Waals surface area (Å²) < 4.78 is 12.8. The monoisotopic (exact) mass is 360 g/mol. The summed E-state index contributed by atoms with van der Waals surface area (Å²) in [5.41, 5.74) is 0. The lowest BCUT2D eigenvalue weighted by Crippen LogP contribution is -2.36. The molecule has 8 heteroatoms. The Morgan fingerprint density at radius 3 is 2.58 bits per heavy atom. The summed E-state index contributed by atoms with van der Waals surface area (Å²) in [7, 11) is 7.39. The molecule has 3 heterocycles. The zero-order chi connectivity index (χ0) is 18.5. The molecule has 0 bridgehead atoms. The number of rotatable bonds is 7. The minimum absolute atomic E-state index is 0.363. The van der Waals surface area contributed by atoms with Gasteiger partial charge in [-0.2, -0.15) is 9.97 Å². The topological polar surface area (TPSA) is 68.5 Å². The Hall–Kier alpha value is -2.35. The van der Waals surface area contributed by atoms with E-state index in [1.165, 1.54) is 0 Å². The molecule has 3 rings (SSSR count). The molecule has 26 heavy (non-hydrogen) atoms. The molecule has 1 aliphatic heterocycles. The summed E-state index contributed by atoms with van der Waals surface area (Å²) in [5, 5.41) is 0. The molecular formula is C18H28N6O2. The number of hydrogen-bond acceptors (Lipinski definition) is 7. The van der Waals surface area contributed by atoms with Crippen molar-refractivity contribution in [1.82, 2.24) is 24.4 Å². The highest BCUT2D eigenvalue weighted by Gasteiger charge is 2.26. The van der Waals surface area contributed by atoms with Gasteiger partial charge in [-0.05, 0) is 26.9 Å². The molecular weight excluding hydrogens is 332 g/mol. The van der Waals surface area contributed by atoms with Crippen molar-refractivity contribution in [2.24, 2.45) is 0 Å². The second-order valence-corrected chi connectivity index (χ2v) is 6.82. The van der Waals surface area contributed by atoms with E-state index in [2.05, 4.69) is 49.6 Å². The maximum Gasteiger partial charge on any atom is 0.231 e. The molecule has 0 aliphatic carbocycles. The Bertz CT molecular complexity index is 695. The molecule has 142 valence electrons.